The second kappa shape index (κ2) is 6.29. The van der Waals surface area contributed by atoms with Gasteiger partial charge in [-0.1, -0.05) is 24.3 Å². The number of nitrogens with zero attached hydrogens (tertiary/aromatic N) is 2. The lowest BCUT2D eigenvalue weighted by molar-refractivity contribution is -0.158. The number of carbonyl (C=O) groups excluding carboxylic acids is 2. The summed E-state index contributed by atoms with van der Waals surface area (Å²) < 4.78 is 11.3. The number of likely N-dealkylation sites (tertiary alicyclic amines) is 1. The van der Waals surface area contributed by atoms with Crippen LogP contribution in [-0.4, -0.2) is 67.6 Å². The van der Waals surface area contributed by atoms with Crippen LogP contribution in [0, 0.1) is 0 Å². The molecular weight excluding hydrogens is 332 g/mol. The number of methoxy groups -OCH3 is 1. The highest BCUT2D eigenvalue weighted by Crippen LogP contribution is 2.33. The highest BCUT2D eigenvalue weighted by molar-refractivity contribution is 6.08. The van der Waals surface area contributed by atoms with Gasteiger partial charge >= 0.3 is 0 Å². The summed E-state index contributed by atoms with van der Waals surface area (Å²) in [4.78, 5) is 28.4. The minimum Gasteiger partial charge on any atom is -0.496 e. The number of carbonyl (C=O) groups is 2. The number of ether oxygens (including phenoxy) is 2. The molecule has 1 spiro atoms. The van der Waals surface area contributed by atoms with Crippen LogP contribution in [0.3, 0.4) is 0 Å². The van der Waals surface area contributed by atoms with Gasteiger partial charge in [0, 0.05) is 24.5 Å². The molecule has 2 fully saturated rings. The Morgan fingerprint density at radius 2 is 1.92 bits per heavy atom. The predicted octanol–water partition coefficient (Wildman–Crippen LogP) is 1.92. The largest absolute Gasteiger partial charge is 0.496 e. The third kappa shape index (κ3) is 2.70. The van der Waals surface area contributed by atoms with E-state index in [2.05, 4.69) is 0 Å². The summed E-state index contributed by atoms with van der Waals surface area (Å²) in [5, 5.41) is 1.81. The zero-order chi connectivity index (χ0) is 18.3. The zero-order valence-corrected chi connectivity index (χ0v) is 15.0. The lowest BCUT2D eigenvalue weighted by Crippen LogP contribution is -2.54. The van der Waals surface area contributed by atoms with E-state index in [4.69, 9.17) is 9.47 Å². The van der Waals surface area contributed by atoms with Crippen LogP contribution in [-0.2, 0) is 9.53 Å². The molecule has 26 heavy (non-hydrogen) atoms. The molecule has 2 saturated heterocycles. The van der Waals surface area contributed by atoms with Gasteiger partial charge in [0.1, 0.15) is 18.0 Å². The van der Waals surface area contributed by atoms with E-state index in [9.17, 15) is 9.59 Å². The fraction of sp³-hybridized carbons (Fsp3) is 0.400. The van der Waals surface area contributed by atoms with Crippen molar-refractivity contribution in [3.8, 4) is 5.75 Å². The normalized spacial score (nSPS) is 23.1. The maximum Gasteiger partial charge on any atom is 0.254 e. The topological polar surface area (TPSA) is 59.1 Å². The maximum absolute atomic E-state index is 13.2. The molecule has 0 N–H and O–H groups in total. The van der Waals surface area contributed by atoms with Gasteiger partial charge in [0.15, 0.2) is 0 Å². The molecule has 0 aliphatic carbocycles. The molecule has 6 heteroatoms. The van der Waals surface area contributed by atoms with Crippen LogP contribution in [0.2, 0.25) is 0 Å². The SMILES string of the molecule is COc1ccc(C(=O)N2CC[C@]3(CN(C)C(=O)CO3)C2)c2ccccc12. The van der Waals surface area contributed by atoms with Crippen LogP contribution < -0.4 is 4.74 Å². The van der Waals surface area contributed by atoms with Gasteiger partial charge in [-0.25, -0.2) is 0 Å². The third-order valence-corrected chi connectivity index (χ3v) is 5.39. The lowest BCUT2D eigenvalue weighted by Gasteiger charge is -2.38. The predicted molar refractivity (Wildman–Crippen MR) is 97.3 cm³/mol. The smallest absolute Gasteiger partial charge is 0.254 e. The molecule has 2 heterocycles. The molecule has 2 aromatic carbocycles. The molecule has 0 radical (unpaired) electrons. The van der Waals surface area contributed by atoms with E-state index in [0.29, 0.717) is 25.2 Å². The van der Waals surface area contributed by atoms with Crippen molar-refractivity contribution >= 4 is 22.6 Å². The van der Waals surface area contributed by atoms with Gasteiger partial charge in [0.2, 0.25) is 5.91 Å². The van der Waals surface area contributed by atoms with Gasteiger partial charge in [0.05, 0.1) is 20.2 Å². The van der Waals surface area contributed by atoms with E-state index < -0.39 is 5.60 Å². The molecule has 0 unspecified atom stereocenters. The highest BCUT2D eigenvalue weighted by Gasteiger charge is 2.45. The van der Waals surface area contributed by atoms with Crippen molar-refractivity contribution in [3.05, 3.63) is 42.0 Å². The minimum absolute atomic E-state index is 0.0103. The summed E-state index contributed by atoms with van der Waals surface area (Å²) >= 11 is 0. The molecule has 4 rings (SSSR count). The van der Waals surface area contributed by atoms with Crippen molar-refractivity contribution in [1.29, 1.82) is 0 Å². The van der Waals surface area contributed by atoms with Crippen LogP contribution in [0.25, 0.3) is 10.8 Å². The van der Waals surface area contributed by atoms with Crippen LogP contribution in [0.4, 0.5) is 0 Å². The van der Waals surface area contributed by atoms with E-state index in [1.807, 2.05) is 41.3 Å². The molecule has 1 atom stereocenters. The zero-order valence-electron chi connectivity index (χ0n) is 15.0. The second-order valence-electron chi connectivity index (χ2n) is 7.06. The lowest BCUT2D eigenvalue weighted by atomic mass is 10.0. The second-order valence-corrected chi connectivity index (χ2v) is 7.06. The Morgan fingerprint density at radius 3 is 2.65 bits per heavy atom. The number of hydrogen-bond donors (Lipinski definition) is 0. The van der Waals surface area contributed by atoms with Crippen molar-refractivity contribution in [2.24, 2.45) is 0 Å². The first-order valence-corrected chi connectivity index (χ1v) is 8.76. The van der Waals surface area contributed by atoms with Crippen molar-refractivity contribution in [1.82, 2.24) is 9.80 Å². The van der Waals surface area contributed by atoms with Gasteiger partial charge in [0.25, 0.3) is 5.91 Å². The molecule has 2 amide bonds. The fourth-order valence-corrected chi connectivity index (χ4v) is 3.96. The number of morpholine rings is 1. The Balaban J connectivity index is 1.62. The summed E-state index contributed by atoms with van der Waals surface area (Å²) in [5.74, 6) is 0.733. The van der Waals surface area contributed by atoms with Gasteiger partial charge in [-0.05, 0) is 23.9 Å². The number of hydrogen-bond acceptors (Lipinski definition) is 4. The first kappa shape index (κ1) is 16.8. The number of rotatable bonds is 2. The standard InChI is InChI=1S/C20H22N2O4/c1-21-12-20(26-11-18(21)23)9-10-22(13-20)19(24)16-7-8-17(25-2)15-6-4-3-5-14(15)16/h3-8H,9-13H2,1-2H3/t20-/m0/s1. The number of benzene rings is 2. The molecule has 6 nitrogen and oxygen atoms in total. The van der Waals surface area contributed by atoms with Gasteiger partial charge in [-0.2, -0.15) is 0 Å². The average Bonchev–Trinajstić information content (AvgIpc) is 3.07. The molecule has 136 valence electrons. The molecule has 2 aromatic rings. The molecule has 2 aliphatic heterocycles. The summed E-state index contributed by atoms with van der Waals surface area (Å²) in [6, 6.07) is 11.4. The maximum atomic E-state index is 13.2. The minimum atomic E-state index is -0.444. The fourth-order valence-electron chi connectivity index (χ4n) is 3.96. The molecular formula is C20H22N2O4. The van der Waals surface area contributed by atoms with E-state index >= 15 is 0 Å². The van der Waals surface area contributed by atoms with E-state index in [-0.39, 0.29) is 18.4 Å². The van der Waals surface area contributed by atoms with E-state index in [1.165, 1.54) is 0 Å². The van der Waals surface area contributed by atoms with Crippen molar-refractivity contribution in [2.75, 3.05) is 40.4 Å². The van der Waals surface area contributed by atoms with E-state index in [0.717, 1.165) is 22.9 Å². The van der Waals surface area contributed by atoms with Crippen LogP contribution >= 0.6 is 0 Å². The third-order valence-electron chi connectivity index (χ3n) is 5.39. The quantitative estimate of drug-likeness (QED) is 0.827. The number of likely N-dealkylation sites (N-methyl/N-ethyl adjacent to an activating group) is 1. The first-order valence-electron chi connectivity index (χ1n) is 8.76. The van der Waals surface area contributed by atoms with Crippen LogP contribution in [0.5, 0.6) is 5.75 Å². The summed E-state index contributed by atoms with van der Waals surface area (Å²) in [6.45, 7) is 1.74. The first-order chi connectivity index (χ1) is 12.5. The number of fused-ring (bicyclic) bond motifs is 1. The Morgan fingerprint density at radius 1 is 1.15 bits per heavy atom. The summed E-state index contributed by atoms with van der Waals surface area (Å²) in [6.07, 6.45) is 0.741. The number of amides is 2. The summed E-state index contributed by atoms with van der Waals surface area (Å²) in [7, 11) is 3.42. The Bertz CT molecular complexity index is 881. The van der Waals surface area contributed by atoms with Crippen molar-refractivity contribution in [3.63, 3.8) is 0 Å². The van der Waals surface area contributed by atoms with Gasteiger partial charge in [-0.3, -0.25) is 9.59 Å². The van der Waals surface area contributed by atoms with Gasteiger partial charge < -0.3 is 19.3 Å². The Kier molecular flexibility index (Phi) is 4.07. The van der Waals surface area contributed by atoms with Crippen LogP contribution in [0.15, 0.2) is 36.4 Å². The van der Waals surface area contributed by atoms with Crippen LogP contribution in [0.1, 0.15) is 16.8 Å². The molecule has 0 bridgehead atoms. The monoisotopic (exact) mass is 354 g/mol. The molecule has 0 aromatic heterocycles. The van der Waals surface area contributed by atoms with Gasteiger partial charge in [-0.15, -0.1) is 0 Å². The Labute approximate surface area is 152 Å². The highest BCUT2D eigenvalue weighted by atomic mass is 16.5. The van der Waals surface area contributed by atoms with Crippen molar-refractivity contribution < 1.29 is 19.1 Å². The average molecular weight is 354 g/mol. The molecule has 2 aliphatic rings. The molecule has 0 saturated carbocycles. The van der Waals surface area contributed by atoms with Crippen molar-refractivity contribution in [2.45, 2.75) is 12.0 Å². The summed E-state index contributed by atoms with van der Waals surface area (Å²) in [5.41, 5.74) is 0.222. The van der Waals surface area contributed by atoms with E-state index in [1.54, 1.807) is 19.1 Å². The Hall–Kier alpha value is -2.60.